The molecule has 2 unspecified atom stereocenters. The molecule has 0 saturated heterocycles. The average molecular weight is 214 g/mol. The first-order chi connectivity index (χ1) is 5.52. The molecule has 0 aromatic carbocycles. The lowest BCUT2D eigenvalue weighted by molar-refractivity contribution is 0.775. The fourth-order valence-electron chi connectivity index (χ4n) is 1.58. The van der Waals surface area contributed by atoms with Gasteiger partial charge in [0.1, 0.15) is 0 Å². The summed E-state index contributed by atoms with van der Waals surface area (Å²) in [6, 6.07) is 0. The molecule has 0 aliphatic carbocycles. The number of hydrogen-bond acceptors (Lipinski definition) is 0. The first kappa shape index (κ1) is 12.7. The van der Waals surface area contributed by atoms with Crippen molar-refractivity contribution in [2.24, 2.45) is 0 Å². The van der Waals surface area contributed by atoms with Gasteiger partial charge in [-0.05, 0) is 0 Å². The van der Waals surface area contributed by atoms with Crippen LogP contribution in [0.5, 0.6) is 0 Å². The SMILES string of the molecule is CCC(C)[Si](C)([Si][Si])C(C)CC. The molecule has 0 heterocycles. The molecule has 0 bridgehead atoms. The summed E-state index contributed by atoms with van der Waals surface area (Å²) in [5.41, 5.74) is 1.92. The summed E-state index contributed by atoms with van der Waals surface area (Å²) in [4.78, 5) is 0. The molecular weight excluding hydrogens is 192 g/mol. The fourth-order valence-corrected chi connectivity index (χ4v) is 11.9. The summed E-state index contributed by atoms with van der Waals surface area (Å²) in [7, 11) is 3.83. The second-order valence-corrected chi connectivity index (χ2v) is 15.0. The summed E-state index contributed by atoms with van der Waals surface area (Å²) < 4.78 is 0. The van der Waals surface area contributed by atoms with Crippen LogP contribution in [0.2, 0.25) is 17.6 Å². The maximum atomic E-state index is 3.79. The molecule has 5 radical (unpaired) electrons. The van der Waals surface area contributed by atoms with E-state index in [0.29, 0.717) is 0 Å². The van der Waals surface area contributed by atoms with Gasteiger partial charge in [0.05, 0.1) is 0 Å². The maximum Gasteiger partial charge on any atom is 0.0406 e. The predicted molar refractivity (Wildman–Crippen MR) is 62.6 cm³/mol. The second-order valence-electron chi connectivity index (χ2n) is 4.03. The molecule has 0 nitrogen and oxygen atoms in total. The van der Waals surface area contributed by atoms with E-state index in [0.717, 1.165) is 19.6 Å². The highest BCUT2D eigenvalue weighted by atomic mass is 29.5. The normalized spacial score (nSPS) is 21.5. The Morgan fingerprint density at radius 1 is 1.17 bits per heavy atom. The topological polar surface area (TPSA) is 0 Å². The van der Waals surface area contributed by atoms with Crippen molar-refractivity contribution in [2.75, 3.05) is 0 Å². The minimum atomic E-state index is -0.989. The molecule has 0 aromatic heterocycles. The maximum absolute atomic E-state index is 3.79. The van der Waals surface area contributed by atoms with Crippen molar-refractivity contribution >= 4 is 25.9 Å². The van der Waals surface area contributed by atoms with Crippen LogP contribution < -0.4 is 0 Å². The summed E-state index contributed by atoms with van der Waals surface area (Å²) in [5.74, 6) is 0. The second kappa shape index (κ2) is 5.40. The van der Waals surface area contributed by atoms with Gasteiger partial charge in [-0.25, -0.2) is 0 Å². The molecule has 0 N–H and O–H groups in total. The van der Waals surface area contributed by atoms with E-state index < -0.39 is 7.59 Å². The molecular formula is C9H21Si3. The minimum Gasteiger partial charge on any atom is -0.0713 e. The minimum absolute atomic E-state index is 0.961. The Labute approximate surface area is 84.4 Å². The van der Waals surface area contributed by atoms with Gasteiger partial charge >= 0.3 is 0 Å². The van der Waals surface area contributed by atoms with Crippen LogP contribution in [-0.2, 0) is 0 Å². The van der Waals surface area contributed by atoms with Crippen molar-refractivity contribution in [1.29, 1.82) is 0 Å². The van der Waals surface area contributed by atoms with Gasteiger partial charge in [-0.2, -0.15) is 0 Å². The largest absolute Gasteiger partial charge is 0.0713 e. The zero-order chi connectivity index (χ0) is 9.78. The van der Waals surface area contributed by atoms with Gasteiger partial charge in [0.25, 0.3) is 0 Å². The van der Waals surface area contributed by atoms with Crippen molar-refractivity contribution in [2.45, 2.75) is 58.2 Å². The van der Waals surface area contributed by atoms with Gasteiger partial charge in [0.15, 0.2) is 0 Å². The van der Waals surface area contributed by atoms with Crippen molar-refractivity contribution in [3.8, 4) is 0 Å². The molecule has 0 aromatic rings. The van der Waals surface area contributed by atoms with Crippen LogP contribution in [0.15, 0.2) is 0 Å². The lowest BCUT2D eigenvalue weighted by Gasteiger charge is -2.37. The lowest BCUT2D eigenvalue weighted by atomic mass is 10.3. The summed E-state index contributed by atoms with van der Waals surface area (Å²) in [6.45, 7) is 12.1. The molecule has 69 valence electrons. The van der Waals surface area contributed by atoms with Gasteiger partial charge < -0.3 is 0 Å². The Hall–Kier alpha value is 0.651. The molecule has 0 saturated carbocycles. The zero-order valence-corrected chi connectivity index (χ0v) is 12.1. The van der Waals surface area contributed by atoms with Crippen LogP contribution >= 0.6 is 0 Å². The molecule has 12 heavy (non-hydrogen) atoms. The van der Waals surface area contributed by atoms with Crippen LogP contribution in [0.4, 0.5) is 0 Å². The molecule has 0 spiro atoms. The van der Waals surface area contributed by atoms with Crippen molar-refractivity contribution in [3.63, 3.8) is 0 Å². The first-order valence-electron chi connectivity index (χ1n) is 4.96. The van der Waals surface area contributed by atoms with Gasteiger partial charge in [-0.3, -0.25) is 0 Å². The Balaban J connectivity index is 4.42. The van der Waals surface area contributed by atoms with Crippen LogP contribution in [0.1, 0.15) is 40.5 Å². The van der Waals surface area contributed by atoms with Gasteiger partial charge in [-0.15, -0.1) is 0 Å². The summed E-state index contributed by atoms with van der Waals surface area (Å²) in [5, 5.41) is 0. The number of rotatable bonds is 5. The van der Waals surface area contributed by atoms with Gasteiger partial charge in [-0.1, -0.05) is 58.2 Å². The van der Waals surface area contributed by atoms with E-state index >= 15 is 0 Å². The Morgan fingerprint density at radius 3 is 1.67 bits per heavy atom. The monoisotopic (exact) mass is 213 g/mol. The van der Waals surface area contributed by atoms with Crippen LogP contribution in [0.3, 0.4) is 0 Å². The zero-order valence-electron chi connectivity index (χ0n) is 9.07. The smallest absolute Gasteiger partial charge is 0.0406 e. The third-order valence-electron chi connectivity index (χ3n) is 3.54. The summed E-state index contributed by atoms with van der Waals surface area (Å²) >= 11 is 0. The predicted octanol–water partition coefficient (Wildman–Crippen LogP) is 2.95. The van der Waals surface area contributed by atoms with E-state index in [1.165, 1.54) is 12.8 Å². The fraction of sp³-hybridized carbons (Fsp3) is 1.00. The first-order valence-corrected chi connectivity index (χ1v) is 11.1. The van der Waals surface area contributed by atoms with E-state index in [1.54, 1.807) is 0 Å². The van der Waals surface area contributed by atoms with Crippen molar-refractivity contribution < 1.29 is 0 Å². The van der Waals surface area contributed by atoms with E-state index in [1.807, 2.05) is 0 Å². The molecule has 0 fully saturated rings. The highest BCUT2D eigenvalue weighted by Gasteiger charge is 2.35. The quantitative estimate of drug-likeness (QED) is 0.616. The van der Waals surface area contributed by atoms with E-state index in [-0.39, 0.29) is 0 Å². The third kappa shape index (κ3) is 2.57. The van der Waals surface area contributed by atoms with Gasteiger partial charge in [0, 0.05) is 25.9 Å². The van der Waals surface area contributed by atoms with Crippen molar-refractivity contribution in [3.05, 3.63) is 0 Å². The van der Waals surface area contributed by atoms with E-state index in [2.05, 4.69) is 44.0 Å². The Bertz CT molecular complexity index is 115. The molecule has 0 amide bonds. The molecule has 0 rings (SSSR count). The number of hydrogen-bond donors (Lipinski definition) is 0. The Kier molecular flexibility index (Phi) is 5.69. The van der Waals surface area contributed by atoms with E-state index in [9.17, 15) is 0 Å². The van der Waals surface area contributed by atoms with Crippen LogP contribution in [-0.4, -0.2) is 25.9 Å². The van der Waals surface area contributed by atoms with Crippen LogP contribution in [0, 0.1) is 0 Å². The van der Waals surface area contributed by atoms with Crippen molar-refractivity contribution in [1.82, 2.24) is 0 Å². The molecule has 0 aliphatic rings. The van der Waals surface area contributed by atoms with E-state index in [4.69, 9.17) is 0 Å². The van der Waals surface area contributed by atoms with Crippen LogP contribution in [0.25, 0.3) is 0 Å². The Morgan fingerprint density at radius 2 is 1.50 bits per heavy atom. The highest BCUT2D eigenvalue weighted by Crippen LogP contribution is 2.35. The third-order valence-corrected chi connectivity index (χ3v) is 18.4. The standard InChI is InChI=1S/C9H21Si3/c1-6-8(3)12(5,11-10)9(4)7-2/h8-9H,6-7H2,1-5H3. The molecule has 3 heteroatoms. The van der Waals surface area contributed by atoms with Gasteiger partial charge in [0.2, 0.25) is 0 Å². The summed E-state index contributed by atoms with van der Waals surface area (Å²) in [6.07, 6.45) is 2.70. The lowest BCUT2D eigenvalue weighted by Crippen LogP contribution is -2.46. The molecule has 0 aliphatic heterocycles. The average Bonchev–Trinajstić information content (AvgIpc) is 2.13. The molecule has 2 atom stereocenters. The highest BCUT2D eigenvalue weighted by molar-refractivity contribution is 7.40.